The van der Waals surface area contributed by atoms with Crippen molar-refractivity contribution in [2.45, 2.75) is 0 Å². The molecule has 6 aromatic heterocycles. The van der Waals surface area contributed by atoms with E-state index in [1.807, 2.05) is 164 Å². The maximum atomic E-state index is 10.7. The van der Waals surface area contributed by atoms with E-state index < -0.39 is 0 Å². The molecule has 0 aliphatic heterocycles. The smallest absolute Gasteiger partial charge is 0.164 e. The fourth-order valence-electron chi connectivity index (χ4n) is 16.1. The van der Waals surface area contributed by atoms with Gasteiger partial charge in [0.2, 0.25) is 0 Å². The van der Waals surface area contributed by atoms with Gasteiger partial charge in [-0.1, -0.05) is 194 Å². The second-order valence-electron chi connectivity index (χ2n) is 26.9. The van der Waals surface area contributed by atoms with E-state index in [4.69, 9.17) is 19.9 Å². The van der Waals surface area contributed by atoms with Crippen LogP contribution in [-0.2, 0) is 0 Å². The lowest BCUT2D eigenvalue weighted by molar-refractivity contribution is 1.07. The minimum atomic E-state index is 0.451. The van der Waals surface area contributed by atoms with Gasteiger partial charge < -0.3 is 18.3 Å². The van der Waals surface area contributed by atoms with Crippen LogP contribution in [0.3, 0.4) is 0 Å². The van der Waals surface area contributed by atoms with Crippen molar-refractivity contribution in [3.8, 4) is 126 Å². The Morgan fingerprint density at radius 2 is 0.519 bits per heavy atom. The van der Waals surface area contributed by atoms with Gasteiger partial charge >= 0.3 is 0 Å². The van der Waals surface area contributed by atoms with Crippen molar-refractivity contribution < 1.29 is 0 Å². The molecule has 20 aromatic rings. The van der Waals surface area contributed by atoms with Gasteiger partial charge in [0.15, 0.2) is 17.5 Å². The molecule has 6 heterocycles. The van der Waals surface area contributed by atoms with Crippen molar-refractivity contribution in [3.05, 3.63) is 350 Å². The molecule has 12 nitrogen and oxygen atoms in total. The van der Waals surface area contributed by atoms with E-state index in [2.05, 4.69) is 206 Å². The highest BCUT2D eigenvalue weighted by Gasteiger charge is 2.31. The second kappa shape index (κ2) is 25.1. The van der Waals surface area contributed by atoms with E-state index in [9.17, 15) is 21.0 Å². The SMILES string of the molecule is N#Cc1ccc2c(c1)c1ccccc1n2-c1ccc(-c2nc(-c3ccc(-n4c5ccccc5c5cc(C#N)ccc54)cc3)c(-n3c4ccccc4c4cc(C#N)ccc43)c(-c3ccccc3-c3nc(-c4ccccc4)nc(-c4ccccc4)n3)c2-c2ccc(-n3c4ccccc4c4cc(C#N)ccc43)cc2)cc1. The van der Waals surface area contributed by atoms with Gasteiger partial charge in [-0.25, -0.2) is 19.9 Å². The first-order valence-electron chi connectivity index (χ1n) is 35.5. The Morgan fingerprint density at radius 1 is 0.213 bits per heavy atom. The van der Waals surface area contributed by atoms with Gasteiger partial charge in [0, 0.05) is 99.1 Å². The van der Waals surface area contributed by atoms with Crippen LogP contribution in [-0.4, -0.2) is 38.2 Å². The third-order valence-electron chi connectivity index (χ3n) is 21.0. The number of nitriles is 4. The average Bonchev–Trinajstić information content (AvgIpc) is 1.35. The molecule has 0 aliphatic rings. The van der Waals surface area contributed by atoms with Crippen molar-refractivity contribution in [2.75, 3.05) is 0 Å². The van der Waals surface area contributed by atoms with Crippen LogP contribution in [0.15, 0.2) is 328 Å². The predicted molar refractivity (Wildman–Crippen MR) is 432 cm³/mol. The van der Waals surface area contributed by atoms with Crippen molar-refractivity contribution >= 4 is 87.2 Å². The number of hydrogen-bond acceptors (Lipinski definition) is 8. The molecule has 0 saturated carbocycles. The molecule has 108 heavy (non-hydrogen) atoms. The van der Waals surface area contributed by atoms with Gasteiger partial charge in [-0.15, -0.1) is 0 Å². The summed E-state index contributed by atoms with van der Waals surface area (Å²) < 4.78 is 9.13. The molecule has 14 aromatic carbocycles. The molecule has 0 N–H and O–H groups in total. The van der Waals surface area contributed by atoms with E-state index in [0.29, 0.717) is 51.1 Å². The van der Waals surface area contributed by atoms with E-state index in [1.165, 1.54) is 0 Å². The maximum absolute atomic E-state index is 10.7. The molecule has 0 bridgehead atoms. The summed E-state index contributed by atoms with van der Waals surface area (Å²) in [4.78, 5) is 22.5. The van der Waals surface area contributed by atoms with Crippen molar-refractivity contribution in [1.29, 1.82) is 21.0 Å². The number of rotatable bonds is 11. The molecule has 0 spiro atoms. The van der Waals surface area contributed by atoms with Crippen molar-refractivity contribution in [1.82, 2.24) is 38.2 Å². The molecule has 20 rings (SSSR count). The molecular weight excluding hydrogens is 1320 g/mol. The second-order valence-corrected chi connectivity index (χ2v) is 26.9. The van der Waals surface area contributed by atoms with Crippen LogP contribution in [0.5, 0.6) is 0 Å². The molecule has 0 amide bonds. The third-order valence-corrected chi connectivity index (χ3v) is 21.0. The summed E-state index contributed by atoms with van der Waals surface area (Å²) in [6, 6.07) is 121. The van der Waals surface area contributed by atoms with Crippen LogP contribution in [0.4, 0.5) is 0 Å². The van der Waals surface area contributed by atoms with Gasteiger partial charge in [-0.05, 0) is 145 Å². The number of fused-ring (bicyclic) bond motifs is 12. The first-order valence-corrected chi connectivity index (χ1v) is 35.5. The van der Waals surface area contributed by atoms with Gasteiger partial charge in [-0.3, -0.25) is 0 Å². The molecule has 12 heteroatoms. The summed E-state index contributed by atoms with van der Waals surface area (Å²) in [6.07, 6.45) is 0. The van der Waals surface area contributed by atoms with E-state index >= 15 is 0 Å². The van der Waals surface area contributed by atoms with Crippen LogP contribution in [0, 0.1) is 45.3 Å². The van der Waals surface area contributed by atoms with Crippen molar-refractivity contribution in [3.63, 3.8) is 0 Å². The van der Waals surface area contributed by atoms with Crippen LogP contribution >= 0.6 is 0 Å². The summed E-state index contributed by atoms with van der Waals surface area (Å²) in [7, 11) is 0. The normalized spacial score (nSPS) is 11.5. The summed E-state index contributed by atoms with van der Waals surface area (Å²) >= 11 is 0. The lowest BCUT2D eigenvalue weighted by atomic mass is 9.85. The van der Waals surface area contributed by atoms with Gasteiger partial charge in [-0.2, -0.15) is 21.0 Å². The highest BCUT2D eigenvalue weighted by Crippen LogP contribution is 2.52. The standard InChI is InChI=1S/C96H54N12/c97-55-59-31-47-85-77(51-59)71-21-9-13-27-81(71)105(85)68-41-35-63(36-42-68)89-90(75-25-7-8-26-76(75)96-103-94(66-17-3-1-4-18-66)102-95(104-96)67-19-5-2-6-20-67)93(108-84-30-16-12-24-74(84)80-54-62(58-100)34-50-88(80)108)92(65-39-45-70(46-40-65)107-83-29-15-11-23-73(83)79-53-61(57-99)33-49-87(79)107)101-91(89)64-37-43-69(44-38-64)106-82-28-14-10-22-72(82)78-52-60(56-98)32-48-86(78)106/h1-54H. The summed E-state index contributed by atoms with van der Waals surface area (Å²) in [5.41, 5.74) is 22.0. The zero-order valence-corrected chi connectivity index (χ0v) is 57.5. The Bertz CT molecular complexity index is 7260. The molecule has 498 valence electrons. The van der Waals surface area contributed by atoms with Crippen LogP contribution < -0.4 is 0 Å². The Balaban J connectivity index is 0.932. The van der Waals surface area contributed by atoms with Crippen molar-refractivity contribution in [2.24, 2.45) is 0 Å². The topological polar surface area (TPSA) is 166 Å². The molecule has 0 aliphatic carbocycles. The fourth-order valence-corrected chi connectivity index (χ4v) is 16.1. The number of hydrogen-bond donors (Lipinski definition) is 0. The summed E-state index contributed by atoms with van der Waals surface area (Å²) in [5, 5.41) is 49.1. The Kier molecular flexibility index (Phi) is 14.5. The number of para-hydroxylation sites is 4. The molecule has 0 radical (unpaired) electrons. The molecule has 0 unspecified atom stereocenters. The third kappa shape index (κ3) is 9.96. The monoisotopic (exact) mass is 1370 g/mol. The first-order chi connectivity index (χ1) is 53.4. The minimum absolute atomic E-state index is 0.451. The maximum Gasteiger partial charge on any atom is 0.164 e. The molecule has 0 fully saturated rings. The Morgan fingerprint density at radius 3 is 0.907 bits per heavy atom. The van der Waals surface area contributed by atoms with E-state index in [0.717, 1.165) is 160 Å². The summed E-state index contributed by atoms with van der Waals surface area (Å²) in [6.45, 7) is 0. The zero-order chi connectivity index (χ0) is 72.1. The van der Waals surface area contributed by atoms with Gasteiger partial charge in [0.25, 0.3) is 0 Å². The molecule has 0 saturated heterocycles. The van der Waals surface area contributed by atoms with Crippen LogP contribution in [0.25, 0.3) is 189 Å². The Hall–Kier alpha value is -15.6. The number of nitrogens with zero attached hydrogens (tertiary/aromatic N) is 12. The lowest BCUT2D eigenvalue weighted by Crippen LogP contribution is -2.08. The zero-order valence-electron chi connectivity index (χ0n) is 57.5. The fraction of sp³-hybridized carbons (Fsp3) is 0. The lowest BCUT2D eigenvalue weighted by Gasteiger charge is -2.26. The molecule has 0 atom stereocenters. The number of aromatic nitrogens is 8. The molecular formula is C96H54N12. The predicted octanol–water partition coefficient (Wildman–Crippen LogP) is 22.8. The van der Waals surface area contributed by atoms with Gasteiger partial charge in [0.05, 0.1) is 108 Å². The number of pyridine rings is 1. The van der Waals surface area contributed by atoms with E-state index in [-0.39, 0.29) is 0 Å². The van der Waals surface area contributed by atoms with Crippen LogP contribution in [0.1, 0.15) is 22.3 Å². The van der Waals surface area contributed by atoms with Crippen LogP contribution in [0.2, 0.25) is 0 Å². The van der Waals surface area contributed by atoms with Gasteiger partial charge in [0.1, 0.15) is 0 Å². The first kappa shape index (κ1) is 62.2. The number of benzene rings is 14. The quantitative estimate of drug-likeness (QED) is 0.123. The largest absolute Gasteiger partial charge is 0.309 e. The minimum Gasteiger partial charge on any atom is -0.309 e. The average molecular weight is 1380 g/mol. The van der Waals surface area contributed by atoms with E-state index in [1.54, 1.807) is 0 Å². The highest BCUT2D eigenvalue weighted by molar-refractivity contribution is 6.15. The Labute approximate surface area is 618 Å². The summed E-state index contributed by atoms with van der Waals surface area (Å²) in [5.74, 6) is 1.47. The highest BCUT2D eigenvalue weighted by atomic mass is 15.0.